The lowest BCUT2D eigenvalue weighted by molar-refractivity contribution is 0.414. The third-order valence-corrected chi connectivity index (χ3v) is 3.12. The summed E-state index contributed by atoms with van der Waals surface area (Å²) in [6.07, 6.45) is 0. The van der Waals surface area contributed by atoms with E-state index in [-0.39, 0.29) is 5.41 Å². The van der Waals surface area contributed by atoms with Crippen molar-refractivity contribution >= 4 is 0 Å². The van der Waals surface area contributed by atoms with E-state index >= 15 is 0 Å². The number of benzene rings is 2. The van der Waals surface area contributed by atoms with Crippen molar-refractivity contribution in [3.05, 3.63) is 54.1 Å². The van der Waals surface area contributed by atoms with E-state index in [0.717, 1.165) is 5.75 Å². The molecule has 0 aliphatic carbocycles. The van der Waals surface area contributed by atoms with Gasteiger partial charge in [0.1, 0.15) is 5.75 Å². The van der Waals surface area contributed by atoms with E-state index in [0.29, 0.717) is 0 Å². The summed E-state index contributed by atoms with van der Waals surface area (Å²) in [5, 5.41) is 0. The highest BCUT2D eigenvalue weighted by Crippen LogP contribution is 2.39. The monoisotopic (exact) mass is 240 g/mol. The third-order valence-electron chi connectivity index (χ3n) is 3.12. The largest absolute Gasteiger partial charge is 0.496 e. The minimum atomic E-state index is 0.0969. The van der Waals surface area contributed by atoms with Crippen LogP contribution in [0.15, 0.2) is 48.5 Å². The Hall–Kier alpha value is -1.76. The average molecular weight is 240 g/mol. The summed E-state index contributed by atoms with van der Waals surface area (Å²) in [6, 6.07) is 16.7. The predicted molar refractivity (Wildman–Crippen MR) is 77.1 cm³/mol. The molecular weight excluding hydrogens is 220 g/mol. The maximum Gasteiger partial charge on any atom is 0.126 e. The van der Waals surface area contributed by atoms with Gasteiger partial charge in [-0.1, -0.05) is 63.2 Å². The fourth-order valence-corrected chi connectivity index (χ4v) is 2.23. The number of hydrogen-bond acceptors (Lipinski definition) is 1. The zero-order valence-corrected chi connectivity index (χ0v) is 11.5. The molecule has 0 saturated carbocycles. The van der Waals surface area contributed by atoms with Crippen molar-refractivity contribution in [3.63, 3.8) is 0 Å². The van der Waals surface area contributed by atoms with Crippen molar-refractivity contribution in [2.45, 2.75) is 26.2 Å². The lowest BCUT2D eigenvalue weighted by Gasteiger charge is -2.24. The lowest BCUT2D eigenvalue weighted by Crippen LogP contribution is -2.13. The van der Waals surface area contributed by atoms with Crippen LogP contribution in [0.2, 0.25) is 0 Å². The Labute approximate surface area is 109 Å². The van der Waals surface area contributed by atoms with Crippen LogP contribution in [-0.2, 0) is 5.41 Å². The first-order valence-corrected chi connectivity index (χ1v) is 6.27. The van der Waals surface area contributed by atoms with Gasteiger partial charge < -0.3 is 4.74 Å². The summed E-state index contributed by atoms with van der Waals surface area (Å²) in [5.41, 5.74) is 3.82. The molecule has 0 atom stereocenters. The van der Waals surface area contributed by atoms with Gasteiger partial charge in [0.2, 0.25) is 0 Å². The van der Waals surface area contributed by atoms with Gasteiger partial charge in [0.15, 0.2) is 0 Å². The van der Waals surface area contributed by atoms with Crippen molar-refractivity contribution in [2.75, 3.05) is 7.11 Å². The van der Waals surface area contributed by atoms with Crippen molar-refractivity contribution in [1.82, 2.24) is 0 Å². The second kappa shape index (κ2) is 4.85. The van der Waals surface area contributed by atoms with Gasteiger partial charge in [0.05, 0.1) is 7.11 Å². The van der Waals surface area contributed by atoms with Gasteiger partial charge in [-0.15, -0.1) is 0 Å². The van der Waals surface area contributed by atoms with Crippen molar-refractivity contribution in [1.29, 1.82) is 0 Å². The molecule has 0 spiro atoms. The Kier molecular flexibility index (Phi) is 3.42. The van der Waals surface area contributed by atoms with Crippen LogP contribution in [0.1, 0.15) is 26.3 Å². The molecule has 0 unspecified atom stereocenters. The summed E-state index contributed by atoms with van der Waals surface area (Å²) in [7, 11) is 1.73. The van der Waals surface area contributed by atoms with Crippen LogP contribution in [0.25, 0.3) is 11.1 Å². The molecule has 0 heterocycles. The van der Waals surface area contributed by atoms with Crippen LogP contribution in [0.5, 0.6) is 5.75 Å². The van der Waals surface area contributed by atoms with Gasteiger partial charge in [-0.2, -0.15) is 0 Å². The highest BCUT2D eigenvalue weighted by atomic mass is 16.5. The maximum atomic E-state index is 5.54. The van der Waals surface area contributed by atoms with Gasteiger partial charge in [-0.25, -0.2) is 0 Å². The van der Waals surface area contributed by atoms with Crippen LogP contribution >= 0.6 is 0 Å². The number of methoxy groups -OCH3 is 1. The molecule has 1 nitrogen and oxygen atoms in total. The molecule has 0 aliphatic rings. The molecule has 2 aromatic carbocycles. The Morgan fingerprint density at radius 1 is 0.833 bits per heavy atom. The Morgan fingerprint density at radius 2 is 1.50 bits per heavy atom. The molecule has 2 rings (SSSR count). The van der Waals surface area contributed by atoms with Crippen LogP contribution in [-0.4, -0.2) is 7.11 Å². The minimum Gasteiger partial charge on any atom is -0.496 e. The number of ether oxygens (including phenoxy) is 1. The topological polar surface area (TPSA) is 9.23 Å². The van der Waals surface area contributed by atoms with Crippen LogP contribution in [0.4, 0.5) is 0 Å². The quantitative estimate of drug-likeness (QED) is 0.741. The van der Waals surface area contributed by atoms with Gasteiger partial charge in [0.25, 0.3) is 0 Å². The smallest absolute Gasteiger partial charge is 0.126 e. The van der Waals surface area contributed by atoms with Crippen molar-refractivity contribution in [2.24, 2.45) is 0 Å². The van der Waals surface area contributed by atoms with E-state index in [4.69, 9.17) is 4.74 Å². The number of rotatable bonds is 2. The molecule has 0 aromatic heterocycles. The predicted octanol–water partition coefficient (Wildman–Crippen LogP) is 4.66. The van der Waals surface area contributed by atoms with E-state index < -0.39 is 0 Å². The SMILES string of the molecule is COc1cccc(C(C)(C)C)c1-c1ccccc1. The summed E-state index contributed by atoms with van der Waals surface area (Å²) in [4.78, 5) is 0. The summed E-state index contributed by atoms with van der Waals surface area (Å²) < 4.78 is 5.54. The van der Waals surface area contributed by atoms with Gasteiger partial charge in [-0.05, 0) is 22.6 Å². The Bertz CT molecular complexity index is 521. The lowest BCUT2D eigenvalue weighted by atomic mass is 9.81. The van der Waals surface area contributed by atoms with Crippen molar-refractivity contribution < 1.29 is 4.74 Å². The summed E-state index contributed by atoms with van der Waals surface area (Å²) in [6.45, 7) is 6.69. The van der Waals surface area contributed by atoms with E-state index in [9.17, 15) is 0 Å². The highest BCUT2D eigenvalue weighted by molar-refractivity contribution is 5.75. The fourth-order valence-electron chi connectivity index (χ4n) is 2.23. The molecule has 2 aromatic rings. The molecular formula is C17H20O. The second-order valence-electron chi connectivity index (χ2n) is 5.50. The second-order valence-corrected chi connectivity index (χ2v) is 5.50. The third kappa shape index (κ3) is 2.40. The zero-order valence-electron chi connectivity index (χ0n) is 11.5. The fraction of sp³-hybridized carbons (Fsp3) is 0.294. The van der Waals surface area contributed by atoms with E-state index in [1.807, 2.05) is 12.1 Å². The summed E-state index contributed by atoms with van der Waals surface area (Å²) in [5.74, 6) is 0.939. The molecule has 0 N–H and O–H groups in total. The first-order chi connectivity index (χ1) is 8.54. The highest BCUT2D eigenvalue weighted by Gasteiger charge is 2.21. The molecule has 0 saturated heterocycles. The van der Waals surface area contributed by atoms with Crippen LogP contribution in [0.3, 0.4) is 0 Å². The maximum absolute atomic E-state index is 5.54. The zero-order chi connectivity index (χ0) is 13.2. The minimum absolute atomic E-state index is 0.0969. The molecule has 1 heteroatoms. The van der Waals surface area contributed by atoms with E-state index in [1.165, 1.54) is 16.7 Å². The van der Waals surface area contributed by atoms with Crippen molar-refractivity contribution in [3.8, 4) is 16.9 Å². The molecule has 0 bridgehead atoms. The molecule has 18 heavy (non-hydrogen) atoms. The van der Waals surface area contributed by atoms with Crippen LogP contribution in [0, 0.1) is 0 Å². The first-order valence-electron chi connectivity index (χ1n) is 6.27. The van der Waals surface area contributed by atoms with Gasteiger partial charge >= 0.3 is 0 Å². The van der Waals surface area contributed by atoms with E-state index in [2.05, 4.69) is 57.2 Å². The van der Waals surface area contributed by atoms with Gasteiger partial charge in [-0.3, -0.25) is 0 Å². The first kappa shape index (κ1) is 12.7. The number of hydrogen-bond donors (Lipinski definition) is 0. The summed E-state index contributed by atoms with van der Waals surface area (Å²) >= 11 is 0. The van der Waals surface area contributed by atoms with E-state index in [1.54, 1.807) is 7.11 Å². The molecule has 0 radical (unpaired) electrons. The average Bonchev–Trinajstić information content (AvgIpc) is 2.38. The van der Waals surface area contributed by atoms with Gasteiger partial charge in [0, 0.05) is 5.56 Å². The molecule has 0 fully saturated rings. The molecule has 94 valence electrons. The Balaban J connectivity index is 2.70. The molecule has 0 amide bonds. The molecule has 0 aliphatic heterocycles. The van der Waals surface area contributed by atoms with Crippen LogP contribution < -0.4 is 4.74 Å². The Morgan fingerprint density at radius 3 is 2.06 bits per heavy atom. The standard InChI is InChI=1S/C17H20O/c1-17(2,3)14-11-8-12-15(18-4)16(14)13-9-6-5-7-10-13/h5-12H,1-4H3. The normalized spacial score (nSPS) is 11.3.